The first-order chi connectivity index (χ1) is 7.66. The third-order valence-corrected chi connectivity index (χ3v) is 2.52. The van der Waals surface area contributed by atoms with Gasteiger partial charge in [-0.2, -0.15) is 0 Å². The Bertz CT molecular complexity index is 479. The Morgan fingerprint density at radius 1 is 1.38 bits per heavy atom. The van der Waals surface area contributed by atoms with Crippen LogP contribution < -0.4 is 10.6 Å². The van der Waals surface area contributed by atoms with Crippen molar-refractivity contribution in [1.82, 2.24) is 4.98 Å². The Kier molecular flexibility index (Phi) is 2.81. The summed E-state index contributed by atoms with van der Waals surface area (Å²) in [5.41, 5.74) is 6.80. The monoisotopic (exact) mass is 217 g/mol. The van der Waals surface area contributed by atoms with E-state index in [-0.39, 0.29) is 0 Å². The maximum Gasteiger partial charge on any atom is 0.130 e. The highest BCUT2D eigenvalue weighted by atomic mass is 16.3. The smallest absolute Gasteiger partial charge is 0.130 e. The molecular formula is C12H15N3O. The van der Waals surface area contributed by atoms with Crippen LogP contribution >= 0.6 is 0 Å². The summed E-state index contributed by atoms with van der Waals surface area (Å²) in [7, 11) is 1.98. The number of aryl methyl sites for hydroxylation is 1. The Balaban J connectivity index is 2.14. The van der Waals surface area contributed by atoms with Crippen LogP contribution in [0.15, 0.2) is 34.9 Å². The molecular weight excluding hydrogens is 202 g/mol. The van der Waals surface area contributed by atoms with E-state index in [0.717, 1.165) is 23.7 Å². The Labute approximate surface area is 94.7 Å². The number of rotatable bonds is 3. The van der Waals surface area contributed by atoms with Gasteiger partial charge in [-0.1, -0.05) is 6.07 Å². The molecule has 2 rings (SSSR count). The zero-order chi connectivity index (χ0) is 11.5. The summed E-state index contributed by atoms with van der Waals surface area (Å²) in [4.78, 5) is 6.29. The van der Waals surface area contributed by atoms with E-state index < -0.39 is 0 Å². The number of nitrogens with zero attached hydrogens (tertiary/aromatic N) is 2. The molecule has 0 aliphatic carbocycles. The summed E-state index contributed by atoms with van der Waals surface area (Å²) in [5.74, 6) is 2.34. The largest absolute Gasteiger partial charge is 0.469 e. The molecule has 4 heteroatoms. The molecule has 0 aromatic carbocycles. The highest BCUT2D eigenvalue weighted by molar-refractivity contribution is 5.44. The van der Waals surface area contributed by atoms with Crippen molar-refractivity contribution in [1.29, 1.82) is 0 Å². The highest BCUT2D eigenvalue weighted by Gasteiger charge is 2.07. The predicted molar refractivity (Wildman–Crippen MR) is 64.2 cm³/mol. The summed E-state index contributed by atoms with van der Waals surface area (Å²) < 4.78 is 5.25. The van der Waals surface area contributed by atoms with Gasteiger partial charge in [-0.25, -0.2) is 4.98 Å². The van der Waals surface area contributed by atoms with Crippen LogP contribution in [0.4, 0.5) is 11.6 Å². The number of anilines is 2. The average Bonchev–Trinajstić information content (AvgIpc) is 2.64. The van der Waals surface area contributed by atoms with Crippen LogP contribution in [0.1, 0.15) is 11.3 Å². The van der Waals surface area contributed by atoms with E-state index in [0.29, 0.717) is 5.82 Å². The minimum Gasteiger partial charge on any atom is -0.469 e. The van der Waals surface area contributed by atoms with Gasteiger partial charge in [0.1, 0.15) is 17.4 Å². The summed E-state index contributed by atoms with van der Waals surface area (Å²) >= 11 is 0. The van der Waals surface area contributed by atoms with Crippen LogP contribution in [-0.4, -0.2) is 12.0 Å². The molecule has 0 amide bonds. The van der Waals surface area contributed by atoms with Crippen molar-refractivity contribution in [3.63, 3.8) is 0 Å². The summed E-state index contributed by atoms with van der Waals surface area (Å²) in [5, 5.41) is 0. The van der Waals surface area contributed by atoms with Crippen LogP contribution in [0.2, 0.25) is 0 Å². The van der Waals surface area contributed by atoms with Gasteiger partial charge in [-0.05, 0) is 25.1 Å². The zero-order valence-electron chi connectivity index (χ0n) is 9.47. The Morgan fingerprint density at radius 2 is 2.19 bits per heavy atom. The minimum atomic E-state index is 0.535. The first-order valence-corrected chi connectivity index (χ1v) is 5.13. The number of nitrogens with two attached hydrogens (primary N) is 1. The third kappa shape index (κ3) is 2.16. The van der Waals surface area contributed by atoms with E-state index in [2.05, 4.69) is 4.98 Å². The molecule has 0 saturated heterocycles. The number of aromatic nitrogens is 1. The topological polar surface area (TPSA) is 55.3 Å². The first kappa shape index (κ1) is 10.5. The molecule has 0 aliphatic rings. The van der Waals surface area contributed by atoms with E-state index in [1.54, 1.807) is 12.3 Å². The van der Waals surface area contributed by atoms with Gasteiger partial charge in [0.25, 0.3) is 0 Å². The van der Waals surface area contributed by atoms with Gasteiger partial charge >= 0.3 is 0 Å². The van der Waals surface area contributed by atoms with Crippen molar-refractivity contribution < 1.29 is 4.42 Å². The lowest BCUT2D eigenvalue weighted by atomic mass is 10.2. The molecule has 0 spiro atoms. The van der Waals surface area contributed by atoms with Gasteiger partial charge in [0.15, 0.2) is 0 Å². The van der Waals surface area contributed by atoms with Crippen molar-refractivity contribution in [3.8, 4) is 0 Å². The maximum atomic E-state index is 5.64. The molecule has 0 radical (unpaired) electrons. The molecule has 4 nitrogen and oxygen atoms in total. The molecule has 0 saturated carbocycles. The molecule has 0 fully saturated rings. The van der Waals surface area contributed by atoms with E-state index in [4.69, 9.17) is 10.2 Å². The Morgan fingerprint density at radius 3 is 2.81 bits per heavy atom. The quantitative estimate of drug-likeness (QED) is 0.856. The number of nitrogen functional groups attached to an aromatic ring is 1. The van der Waals surface area contributed by atoms with Crippen molar-refractivity contribution in [2.45, 2.75) is 13.5 Å². The van der Waals surface area contributed by atoms with E-state index in [9.17, 15) is 0 Å². The zero-order valence-corrected chi connectivity index (χ0v) is 9.47. The van der Waals surface area contributed by atoms with Crippen LogP contribution in [0, 0.1) is 6.92 Å². The van der Waals surface area contributed by atoms with E-state index in [1.807, 2.05) is 37.1 Å². The number of furan rings is 1. The van der Waals surface area contributed by atoms with Crippen molar-refractivity contribution in [3.05, 3.63) is 41.9 Å². The van der Waals surface area contributed by atoms with Gasteiger partial charge in [0.05, 0.1) is 6.26 Å². The predicted octanol–water partition coefficient (Wildman–Crippen LogP) is 2.20. The van der Waals surface area contributed by atoms with Crippen molar-refractivity contribution >= 4 is 11.6 Å². The van der Waals surface area contributed by atoms with Gasteiger partial charge in [0, 0.05) is 19.2 Å². The van der Waals surface area contributed by atoms with E-state index >= 15 is 0 Å². The van der Waals surface area contributed by atoms with Crippen LogP contribution in [0.3, 0.4) is 0 Å². The second kappa shape index (κ2) is 4.26. The van der Waals surface area contributed by atoms with Gasteiger partial charge < -0.3 is 15.1 Å². The second-order valence-corrected chi connectivity index (χ2v) is 3.78. The molecule has 16 heavy (non-hydrogen) atoms. The van der Waals surface area contributed by atoms with E-state index in [1.165, 1.54) is 0 Å². The van der Waals surface area contributed by atoms with Crippen LogP contribution in [-0.2, 0) is 6.54 Å². The van der Waals surface area contributed by atoms with Crippen LogP contribution in [0.25, 0.3) is 0 Å². The fourth-order valence-corrected chi connectivity index (χ4v) is 1.56. The molecule has 0 unspecified atom stereocenters. The molecule has 84 valence electrons. The lowest BCUT2D eigenvalue weighted by molar-refractivity contribution is 0.529. The maximum absolute atomic E-state index is 5.64. The first-order valence-electron chi connectivity index (χ1n) is 5.13. The molecule has 0 atom stereocenters. The lowest BCUT2D eigenvalue weighted by Crippen LogP contribution is -2.18. The fraction of sp³-hybridized carbons (Fsp3) is 0.250. The van der Waals surface area contributed by atoms with Gasteiger partial charge in [-0.15, -0.1) is 0 Å². The lowest BCUT2D eigenvalue weighted by Gasteiger charge is -2.17. The second-order valence-electron chi connectivity index (χ2n) is 3.78. The number of pyridine rings is 1. The molecule has 2 aromatic heterocycles. The standard InChI is InChI=1S/C12H15N3O/c1-9-10(6-7-16-9)8-15(2)12-5-3-4-11(13)14-12/h3-7H,8H2,1-2H3,(H2,13,14). The van der Waals surface area contributed by atoms with Crippen molar-refractivity contribution in [2.75, 3.05) is 17.7 Å². The fourth-order valence-electron chi connectivity index (χ4n) is 1.56. The van der Waals surface area contributed by atoms with Crippen molar-refractivity contribution in [2.24, 2.45) is 0 Å². The van der Waals surface area contributed by atoms with Gasteiger partial charge in [0.2, 0.25) is 0 Å². The van der Waals surface area contributed by atoms with Crippen LogP contribution in [0.5, 0.6) is 0 Å². The highest BCUT2D eigenvalue weighted by Crippen LogP contribution is 2.16. The SMILES string of the molecule is Cc1occc1CN(C)c1cccc(N)n1. The molecule has 2 N–H and O–H groups in total. The Hall–Kier alpha value is -1.97. The summed E-state index contributed by atoms with van der Waals surface area (Å²) in [6.45, 7) is 2.72. The number of hydrogen-bond acceptors (Lipinski definition) is 4. The summed E-state index contributed by atoms with van der Waals surface area (Å²) in [6, 6.07) is 7.58. The molecule has 2 aromatic rings. The normalized spacial score (nSPS) is 10.4. The molecule has 2 heterocycles. The minimum absolute atomic E-state index is 0.535. The summed E-state index contributed by atoms with van der Waals surface area (Å²) in [6.07, 6.45) is 1.70. The third-order valence-electron chi connectivity index (χ3n) is 2.52. The molecule has 0 aliphatic heterocycles. The number of hydrogen-bond donors (Lipinski definition) is 1. The van der Waals surface area contributed by atoms with Gasteiger partial charge in [-0.3, -0.25) is 0 Å². The molecule has 0 bridgehead atoms. The average molecular weight is 217 g/mol.